The fraction of sp³-hybridized carbons (Fsp3) is 0.343. The van der Waals surface area contributed by atoms with Gasteiger partial charge in [-0.1, -0.05) is 43.7 Å². The third kappa shape index (κ3) is 4.56. The van der Waals surface area contributed by atoms with Crippen molar-refractivity contribution in [2.24, 2.45) is 17.0 Å². The second-order valence-electron chi connectivity index (χ2n) is 12.5. The van der Waals surface area contributed by atoms with Gasteiger partial charge in [0.1, 0.15) is 22.8 Å². The molecule has 1 aromatic heterocycles. The smallest absolute Gasteiger partial charge is 0.251 e. The van der Waals surface area contributed by atoms with Gasteiger partial charge in [-0.05, 0) is 68.0 Å². The lowest BCUT2D eigenvalue weighted by molar-refractivity contribution is -0.0115. The van der Waals surface area contributed by atoms with E-state index >= 15 is 0 Å². The van der Waals surface area contributed by atoms with Crippen molar-refractivity contribution in [2.45, 2.75) is 58.1 Å². The number of ether oxygens (including phenoxy) is 2. The number of fused-ring (bicyclic) bond motifs is 9. The SMILES string of the molecule is COc1cc(N=O)ccc1CNC(=O)c1ccc2nc3c4c(c5ccccc5c3nc2c1)OC(C)(C)[C@H]1CC[C@H](C)C[C@H]41. The van der Waals surface area contributed by atoms with Crippen LogP contribution in [0.5, 0.6) is 11.5 Å². The maximum Gasteiger partial charge on any atom is 0.251 e. The topological polar surface area (TPSA) is 103 Å². The van der Waals surface area contributed by atoms with Crippen LogP contribution < -0.4 is 14.8 Å². The molecule has 1 saturated carbocycles. The number of aromatic nitrogens is 2. The van der Waals surface area contributed by atoms with E-state index in [1.54, 1.807) is 30.3 Å². The predicted molar refractivity (Wildman–Crippen MR) is 168 cm³/mol. The molecular formula is C35H34N4O4. The van der Waals surface area contributed by atoms with Crippen molar-refractivity contribution in [3.05, 3.63) is 82.3 Å². The molecule has 1 aliphatic carbocycles. The third-order valence-corrected chi connectivity index (χ3v) is 9.41. The second-order valence-corrected chi connectivity index (χ2v) is 12.5. The van der Waals surface area contributed by atoms with Gasteiger partial charge in [-0.25, -0.2) is 9.97 Å². The summed E-state index contributed by atoms with van der Waals surface area (Å²) in [5.74, 6) is 2.59. The number of methoxy groups -OCH3 is 1. The number of carbonyl (C=O) groups is 1. The molecule has 218 valence electrons. The molecule has 7 rings (SSSR count). The van der Waals surface area contributed by atoms with Gasteiger partial charge < -0.3 is 14.8 Å². The van der Waals surface area contributed by atoms with Gasteiger partial charge in [0.25, 0.3) is 5.91 Å². The van der Waals surface area contributed by atoms with Gasteiger partial charge in [-0.3, -0.25) is 4.79 Å². The van der Waals surface area contributed by atoms with E-state index in [2.05, 4.69) is 49.5 Å². The Balaban J connectivity index is 1.31. The van der Waals surface area contributed by atoms with Crippen molar-refractivity contribution in [1.29, 1.82) is 0 Å². The number of hydrogen-bond acceptors (Lipinski definition) is 7. The highest BCUT2D eigenvalue weighted by molar-refractivity contribution is 6.11. The maximum atomic E-state index is 13.2. The Kier molecular flexibility index (Phi) is 6.52. The summed E-state index contributed by atoms with van der Waals surface area (Å²) in [7, 11) is 1.52. The molecule has 8 nitrogen and oxygen atoms in total. The summed E-state index contributed by atoms with van der Waals surface area (Å²) in [5.41, 5.74) is 5.56. The zero-order valence-corrected chi connectivity index (χ0v) is 24.8. The molecule has 1 N–H and O–H groups in total. The Labute approximate surface area is 249 Å². The Morgan fingerprint density at radius 3 is 2.60 bits per heavy atom. The minimum absolute atomic E-state index is 0.233. The lowest BCUT2D eigenvalue weighted by atomic mass is 9.64. The summed E-state index contributed by atoms with van der Waals surface area (Å²) in [6.07, 6.45) is 3.45. The molecule has 3 atom stereocenters. The Morgan fingerprint density at radius 1 is 1.02 bits per heavy atom. The van der Waals surface area contributed by atoms with Gasteiger partial charge in [-0.15, -0.1) is 4.91 Å². The van der Waals surface area contributed by atoms with E-state index in [1.807, 2.05) is 12.1 Å². The second kappa shape index (κ2) is 10.3. The molecule has 2 heterocycles. The summed E-state index contributed by atoms with van der Waals surface area (Å²) in [5, 5.41) is 7.96. The van der Waals surface area contributed by atoms with Gasteiger partial charge >= 0.3 is 0 Å². The van der Waals surface area contributed by atoms with Crippen molar-refractivity contribution < 1.29 is 14.3 Å². The van der Waals surface area contributed by atoms with Crippen molar-refractivity contribution in [2.75, 3.05) is 7.11 Å². The van der Waals surface area contributed by atoms with Crippen LogP contribution in [0.25, 0.3) is 32.8 Å². The monoisotopic (exact) mass is 574 g/mol. The highest BCUT2D eigenvalue weighted by Gasteiger charge is 2.47. The van der Waals surface area contributed by atoms with Crippen LogP contribution in [0.4, 0.5) is 5.69 Å². The van der Waals surface area contributed by atoms with E-state index in [0.29, 0.717) is 34.6 Å². The van der Waals surface area contributed by atoms with Crippen molar-refractivity contribution in [1.82, 2.24) is 15.3 Å². The molecule has 1 aliphatic heterocycles. The highest BCUT2D eigenvalue weighted by Crippen LogP contribution is 2.56. The van der Waals surface area contributed by atoms with Gasteiger partial charge in [0, 0.05) is 46.0 Å². The molecule has 0 radical (unpaired) electrons. The molecule has 5 aromatic rings. The summed E-state index contributed by atoms with van der Waals surface area (Å²) in [4.78, 5) is 34.5. The molecule has 1 amide bonds. The van der Waals surface area contributed by atoms with E-state index in [0.717, 1.165) is 51.5 Å². The number of nitrogens with zero attached hydrogens (tertiary/aromatic N) is 3. The van der Waals surface area contributed by atoms with Crippen LogP contribution in [-0.4, -0.2) is 28.6 Å². The number of nitrogens with one attached hydrogen (secondary N) is 1. The molecule has 8 heteroatoms. The number of hydrogen-bond donors (Lipinski definition) is 1. The first-order valence-electron chi connectivity index (χ1n) is 14.9. The Bertz CT molecular complexity index is 1940. The average molecular weight is 575 g/mol. The van der Waals surface area contributed by atoms with Crippen LogP contribution in [0.2, 0.25) is 0 Å². The van der Waals surface area contributed by atoms with Gasteiger partial charge in [0.05, 0.1) is 29.2 Å². The molecular weight excluding hydrogens is 540 g/mol. The molecule has 1 fully saturated rings. The first kappa shape index (κ1) is 27.3. The molecule has 2 aliphatic rings. The first-order valence-corrected chi connectivity index (χ1v) is 14.9. The van der Waals surface area contributed by atoms with E-state index in [4.69, 9.17) is 19.4 Å². The summed E-state index contributed by atoms with van der Waals surface area (Å²) in [6, 6.07) is 18.6. The van der Waals surface area contributed by atoms with Crippen molar-refractivity contribution >= 4 is 44.4 Å². The molecule has 0 spiro atoms. The molecule has 0 unspecified atom stereocenters. The lowest BCUT2D eigenvalue weighted by Gasteiger charge is -2.49. The van der Waals surface area contributed by atoms with Crippen molar-refractivity contribution in [3.8, 4) is 11.5 Å². The van der Waals surface area contributed by atoms with Gasteiger partial charge in [0.15, 0.2) is 0 Å². The zero-order chi connectivity index (χ0) is 29.9. The molecule has 4 aromatic carbocycles. The van der Waals surface area contributed by atoms with Crippen LogP contribution in [0, 0.1) is 16.7 Å². The van der Waals surface area contributed by atoms with Crippen LogP contribution in [0.3, 0.4) is 0 Å². The minimum Gasteiger partial charge on any atom is -0.496 e. The number of nitroso groups, excluding NO2 is 1. The van der Waals surface area contributed by atoms with E-state index < -0.39 is 0 Å². The van der Waals surface area contributed by atoms with Crippen LogP contribution >= 0.6 is 0 Å². The Hall–Kier alpha value is -4.59. The number of carbonyl (C=O) groups excluding carboxylic acids is 1. The van der Waals surface area contributed by atoms with E-state index in [9.17, 15) is 9.70 Å². The van der Waals surface area contributed by atoms with E-state index in [1.165, 1.54) is 19.1 Å². The quantitative estimate of drug-likeness (QED) is 0.130. The largest absolute Gasteiger partial charge is 0.496 e. The van der Waals surface area contributed by atoms with Crippen LogP contribution in [-0.2, 0) is 6.54 Å². The number of benzene rings is 4. The Morgan fingerprint density at radius 2 is 1.81 bits per heavy atom. The summed E-state index contributed by atoms with van der Waals surface area (Å²) < 4.78 is 12.2. The normalized spacial score (nSPS) is 20.7. The van der Waals surface area contributed by atoms with Gasteiger partial charge in [-0.2, -0.15) is 0 Å². The first-order chi connectivity index (χ1) is 20.8. The lowest BCUT2D eigenvalue weighted by Crippen LogP contribution is -2.46. The third-order valence-electron chi connectivity index (χ3n) is 9.41. The number of rotatable bonds is 5. The maximum absolute atomic E-state index is 13.2. The highest BCUT2D eigenvalue weighted by atomic mass is 16.5. The minimum atomic E-state index is -0.266. The average Bonchev–Trinajstić information content (AvgIpc) is 3.02. The summed E-state index contributed by atoms with van der Waals surface area (Å²) >= 11 is 0. The van der Waals surface area contributed by atoms with E-state index in [-0.39, 0.29) is 23.7 Å². The van der Waals surface area contributed by atoms with Crippen LogP contribution in [0.1, 0.15) is 67.4 Å². The zero-order valence-electron chi connectivity index (χ0n) is 24.8. The van der Waals surface area contributed by atoms with Gasteiger partial charge in [0.2, 0.25) is 0 Å². The van der Waals surface area contributed by atoms with Crippen molar-refractivity contribution in [3.63, 3.8) is 0 Å². The molecule has 43 heavy (non-hydrogen) atoms. The molecule has 0 bridgehead atoms. The molecule has 0 saturated heterocycles. The number of amides is 1. The standard InChI is InChI=1S/C35H34N4O4/c1-19-9-13-26-25(15-19)30-32-31(23-7-5-6-8-24(23)33(30)43-35(26,2)3)38-28-16-20(11-14-27(28)37-32)34(40)36-18-21-10-12-22(39-41)17-29(21)42-4/h5-8,10-12,14,16-17,19,25-26H,9,13,15,18H2,1-4H3,(H,36,40)/t19-,25-,26-/m0/s1. The fourth-order valence-corrected chi connectivity index (χ4v) is 7.25. The van der Waals surface area contributed by atoms with Crippen LogP contribution in [0.15, 0.2) is 65.8 Å². The fourth-order valence-electron chi connectivity index (χ4n) is 7.25. The predicted octanol–water partition coefficient (Wildman–Crippen LogP) is 7.96. The summed E-state index contributed by atoms with van der Waals surface area (Å²) in [6.45, 7) is 7.04.